The summed E-state index contributed by atoms with van der Waals surface area (Å²) in [6.07, 6.45) is 2.53. The second-order valence-electron chi connectivity index (χ2n) is 14.0. The summed E-state index contributed by atoms with van der Waals surface area (Å²) in [6.45, 7) is 7.57. The van der Waals surface area contributed by atoms with Crippen molar-refractivity contribution in [1.29, 1.82) is 0 Å². The van der Waals surface area contributed by atoms with Gasteiger partial charge in [-0.25, -0.2) is 4.98 Å². The van der Waals surface area contributed by atoms with Crippen molar-refractivity contribution in [1.82, 2.24) is 26.3 Å². The van der Waals surface area contributed by atoms with E-state index in [0.717, 1.165) is 21.2 Å². The normalized spacial score (nSPS) is 15.8. The van der Waals surface area contributed by atoms with E-state index in [1.54, 1.807) is 51.4 Å². The van der Waals surface area contributed by atoms with Crippen molar-refractivity contribution in [2.75, 3.05) is 20.3 Å². The number of benzene rings is 3. The first-order chi connectivity index (χ1) is 25.4. The third kappa shape index (κ3) is 10.4. The van der Waals surface area contributed by atoms with Crippen molar-refractivity contribution in [2.45, 2.75) is 65.1 Å². The first-order valence-corrected chi connectivity index (χ1v) is 18.7. The molecule has 1 aliphatic heterocycles. The van der Waals surface area contributed by atoms with Gasteiger partial charge in [0.2, 0.25) is 23.5 Å². The van der Waals surface area contributed by atoms with E-state index in [0.29, 0.717) is 24.5 Å². The van der Waals surface area contributed by atoms with Crippen LogP contribution in [0, 0.1) is 17.8 Å². The van der Waals surface area contributed by atoms with Gasteiger partial charge in [0.05, 0.1) is 18.0 Å². The summed E-state index contributed by atoms with van der Waals surface area (Å²) >= 11 is 1.23. The maximum Gasteiger partial charge on any atom is 0.258 e. The van der Waals surface area contributed by atoms with Crippen LogP contribution in [0.5, 0.6) is 11.5 Å². The van der Waals surface area contributed by atoms with E-state index >= 15 is 0 Å². The summed E-state index contributed by atoms with van der Waals surface area (Å²) in [5.41, 5.74) is 0.912. The van der Waals surface area contributed by atoms with Gasteiger partial charge in [-0.05, 0) is 77.8 Å². The Kier molecular flexibility index (Phi) is 13.2. The number of ketones is 1. The van der Waals surface area contributed by atoms with E-state index in [1.807, 2.05) is 56.3 Å². The SMILES string of the molecule is COc1ccc(OCC(=O)N[C@H](C(=O)N[C@@H](CC(C)C)C(=O)N[C@@H](C[C@@H]2CCNC2=O)C(=O)c2ncc(-c3ccc4ccccc4c3)s2)C(C)C)cc1. The quantitative estimate of drug-likeness (QED) is 0.111. The van der Waals surface area contributed by atoms with E-state index in [-0.39, 0.29) is 42.2 Å². The number of amides is 4. The Balaban J connectivity index is 1.29. The van der Waals surface area contributed by atoms with Gasteiger partial charge in [-0.15, -0.1) is 11.3 Å². The number of methoxy groups -OCH3 is 1. The van der Waals surface area contributed by atoms with Gasteiger partial charge in [0.15, 0.2) is 11.6 Å². The lowest BCUT2D eigenvalue weighted by Crippen LogP contribution is -2.57. The Hall–Kier alpha value is -5.30. The van der Waals surface area contributed by atoms with Crippen molar-refractivity contribution in [2.24, 2.45) is 17.8 Å². The smallest absolute Gasteiger partial charge is 0.258 e. The Labute approximate surface area is 313 Å². The van der Waals surface area contributed by atoms with Crippen LogP contribution in [0.25, 0.3) is 21.2 Å². The molecular weight excluding hydrogens is 695 g/mol. The summed E-state index contributed by atoms with van der Waals surface area (Å²) in [6, 6.07) is 17.7. The monoisotopic (exact) mass is 741 g/mol. The first-order valence-electron chi connectivity index (χ1n) is 17.9. The Morgan fingerprint density at radius 1 is 0.887 bits per heavy atom. The second-order valence-corrected chi connectivity index (χ2v) is 15.0. The van der Waals surface area contributed by atoms with Crippen LogP contribution in [-0.2, 0) is 19.2 Å². The number of hydrogen-bond donors (Lipinski definition) is 4. The topological polar surface area (TPSA) is 165 Å². The molecule has 1 aromatic heterocycles. The molecule has 5 rings (SSSR count). The molecule has 1 fully saturated rings. The zero-order valence-electron chi connectivity index (χ0n) is 30.6. The molecule has 0 spiro atoms. The summed E-state index contributed by atoms with van der Waals surface area (Å²) in [4.78, 5) is 72.4. The highest BCUT2D eigenvalue weighted by molar-refractivity contribution is 7.17. The van der Waals surface area contributed by atoms with Crippen LogP contribution in [0.3, 0.4) is 0 Å². The molecule has 0 radical (unpaired) electrons. The number of nitrogens with zero attached hydrogens (tertiary/aromatic N) is 1. The molecular formula is C40H47N5O7S. The van der Waals surface area contributed by atoms with Gasteiger partial charge >= 0.3 is 0 Å². The number of nitrogens with one attached hydrogen (secondary N) is 4. The fraction of sp³-hybridized carbons (Fsp3) is 0.400. The van der Waals surface area contributed by atoms with Crippen LogP contribution >= 0.6 is 11.3 Å². The fourth-order valence-electron chi connectivity index (χ4n) is 6.21. The molecule has 12 nitrogen and oxygen atoms in total. The number of thiazole rings is 1. The minimum atomic E-state index is -1.06. The fourth-order valence-corrected chi connectivity index (χ4v) is 7.11. The molecule has 13 heteroatoms. The van der Waals surface area contributed by atoms with Crippen LogP contribution in [0.2, 0.25) is 0 Å². The Bertz CT molecular complexity index is 1930. The minimum absolute atomic E-state index is 0.00530. The predicted octanol–water partition coefficient (Wildman–Crippen LogP) is 4.92. The van der Waals surface area contributed by atoms with Crippen LogP contribution in [-0.4, -0.2) is 72.8 Å². The molecule has 4 amide bonds. The van der Waals surface area contributed by atoms with Gasteiger partial charge < -0.3 is 30.7 Å². The molecule has 280 valence electrons. The zero-order chi connectivity index (χ0) is 38.1. The highest BCUT2D eigenvalue weighted by Gasteiger charge is 2.36. The molecule has 1 aliphatic rings. The number of Topliss-reactive ketones (excluding diaryl/α,β-unsaturated/α-hetero) is 1. The number of hydrogen-bond acceptors (Lipinski definition) is 9. The van der Waals surface area contributed by atoms with E-state index in [9.17, 15) is 24.0 Å². The highest BCUT2D eigenvalue weighted by atomic mass is 32.1. The lowest BCUT2D eigenvalue weighted by atomic mass is 9.94. The van der Waals surface area contributed by atoms with Crippen molar-refractivity contribution in [3.05, 3.63) is 77.9 Å². The standard InChI is InChI=1S/C40H47N5O7S/c1-23(2)18-32(44-39(50)35(24(3)4)45-34(46)22-52-30-14-12-29(51-5)13-15-30)38(49)43-31(20-28-16-17-41-37(28)48)36(47)40-42-21-33(53-40)27-11-10-25-8-6-7-9-26(25)19-27/h6-15,19,21,23-24,28,31-32,35H,16-18,20,22H2,1-5H3,(H,41,48)(H,43,49)(H,44,50)(H,45,46)/t28-,31-,32-,35-/m0/s1. The van der Waals surface area contributed by atoms with Gasteiger partial charge in [-0.2, -0.15) is 0 Å². The molecule has 3 aromatic carbocycles. The average molecular weight is 742 g/mol. The first kappa shape index (κ1) is 38.9. The molecule has 0 saturated carbocycles. The van der Waals surface area contributed by atoms with E-state index in [1.165, 1.54) is 11.3 Å². The number of carbonyl (C=O) groups excluding carboxylic acids is 5. The van der Waals surface area contributed by atoms with Gasteiger partial charge in [0.1, 0.15) is 23.6 Å². The molecule has 4 aromatic rings. The van der Waals surface area contributed by atoms with Crippen LogP contribution < -0.4 is 30.7 Å². The van der Waals surface area contributed by atoms with E-state index in [4.69, 9.17) is 9.47 Å². The summed E-state index contributed by atoms with van der Waals surface area (Å²) in [7, 11) is 1.55. The molecule has 0 aliphatic carbocycles. The van der Waals surface area contributed by atoms with Crippen LogP contribution in [0.1, 0.15) is 56.8 Å². The van der Waals surface area contributed by atoms with Crippen molar-refractivity contribution in [3.63, 3.8) is 0 Å². The van der Waals surface area contributed by atoms with Crippen molar-refractivity contribution < 1.29 is 33.4 Å². The molecule has 0 bridgehead atoms. The van der Waals surface area contributed by atoms with Crippen LogP contribution in [0.15, 0.2) is 72.9 Å². The lowest BCUT2D eigenvalue weighted by Gasteiger charge is -2.27. The second kappa shape index (κ2) is 18.0. The Morgan fingerprint density at radius 2 is 1.58 bits per heavy atom. The lowest BCUT2D eigenvalue weighted by molar-refractivity contribution is -0.134. The van der Waals surface area contributed by atoms with Gasteiger partial charge in [0, 0.05) is 18.7 Å². The summed E-state index contributed by atoms with van der Waals surface area (Å²) < 4.78 is 10.7. The Morgan fingerprint density at radius 3 is 2.25 bits per heavy atom. The van der Waals surface area contributed by atoms with Crippen molar-refractivity contribution in [3.8, 4) is 21.9 Å². The largest absolute Gasteiger partial charge is 0.497 e. The summed E-state index contributed by atoms with van der Waals surface area (Å²) in [5.74, 6) is -1.89. The maximum atomic E-state index is 14.1. The molecule has 0 unspecified atom stereocenters. The molecule has 4 N–H and O–H groups in total. The van der Waals surface area contributed by atoms with Crippen molar-refractivity contribution >= 4 is 51.5 Å². The van der Waals surface area contributed by atoms with Gasteiger partial charge in [0.25, 0.3) is 5.91 Å². The third-order valence-corrected chi connectivity index (χ3v) is 10.2. The molecule has 53 heavy (non-hydrogen) atoms. The number of aromatic nitrogens is 1. The molecule has 4 atom stereocenters. The minimum Gasteiger partial charge on any atom is -0.497 e. The highest BCUT2D eigenvalue weighted by Crippen LogP contribution is 2.30. The third-order valence-electron chi connectivity index (χ3n) is 9.10. The van der Waals surface area contributed by atoms with Crippen LogP contribution in [0.4, 0.5) is 0 Å². The van der Waals surface area contributed by atoms with E-state index < -0.39 is 47.5 Å². The maximum absolute atomic E-state index is 14.1. The summed E-state index contributed by atoms with van der Waals surface area (Å²) in [5, 5.41) is 13.6. The van der Waals surface area contributed by atoms with Gasteiger partial charge in [-0.3, -0.25) is 24.0 Å². The number of rotatable bonds is 17. The number of fused-ring (bicyclic) bond motifs is 1. The number of ether oxygens (including phenoxy) is 2. The average Bonchev–Trinajstić information content (AvgIpc) is 3.81. The van der Waals surface area contributed by atoms with E-state index in [2.05, 4.69) is 26.3 Å². The molecule has 2 heterocycles. The number of carbonyl (C=O) groups is 5. The predicted molar refractivity (Wildman–Crippen MR) is 204 cm³/mol. The molecule has 1 saturated heterocycles. The van der Waals surface area contributed by atoms with Gasteiger partial charge in [-0.1, -0.05) is 64.1 Å². The zero-order valence-corrected chi connectivity index (χ0v) is 31.5.